The highest BCUT2D eigenvalue weighted by Crippen LogP contribution is 2.14. The van der Waals surface area contributed by atoms with E-state index in [1.54, 1.807) is 18.2 Å². The molecule has 1 aromatic carbocycles. The summed E-state index contributed by atoms with van der Waals surface area (Å²) < 4.78 is 25.0. The van der Waals surface area contributed by atoms with Crippen LogP contribution < -0.4 is 10.6 Å². The summed E-state index contributed by atoms with van der Waals surface area (Å²) in [7, 11) is 0. The minimum atomic E-state index is -0.294. The van der Waals surface area contributed by atoms with Crippen molar-refractivity contribution in [2.45, 2.75) is 0 Å². The predicted octanol–water partition coefficient (Wildman–Crippen LogP) is 1.94. The first-order chi connectivity index (χ1) is 7.20. The summed E-state index contributed by atoms with van der Waals surface area (Å²) in [5.41, 5.74) is 1.53. The van der Waals surface area contributed by atoms with Crippen molar-refractivity contribution >= 4 is 12.9 Å². The van der Waals surface area contributed by atoms with Crippen LogP contribution in [-0.4, -0.2) is 4.98 Å². The van der Waals surface area contributed by atoms with Gasteiger partial charge in [0.25, 0.3) is 0 Å². The van der Waals surface area contributed by atoms with Gasteiger partial charge in [-0.2, -0.15) is 0 Å². The highest BCUT2D eigenvalue weighted by atomic mass is 19.1. The Morgan fingerprint density at radius 3 is 2.40 bits per heavy atom. The van der Waals surface area contributed by atoms with Crippen molar-refractivity contribution in [2.75, 3.05) is 0 Å². The van der Waals surface area contributed by atoms with Gasteiger partial charge in [-0.3, -0.25) is 0 Å². The number of hydrogen-bond acceptors (Lipinski definition) is 0. The van der Waals surface area contributed by atoms with Crippen molar-refractivity contribution < 1.29 is 8.78 Å². The third-order valence-corrected chi connectivity index (χ3v) is 2.20. The van der Waals surface area contributed by atoms with Crippen LogP contribution in [0.5, 0.6) is 0 Å². The van der Waals surface area contributed by atoms with Crippen LogP contribution in [-0.2, 0) is 0 Å². The smallest absolute Gasteiger partial charge is 0.123 e. The molecule has 1 heterocycles. The Hall–Kier alpha value is -1.90. The van der Waals surface area contributed by atoms with Crippen molar-refractivity contribution in [3.05, 3.63) is 46.7 Å². The summed E-state index contributed by atoms with van der Waals surface area (Å²) in [6.07, 6.45) is 0.468. The quantitative estimate of drug-likeness (QED) is 0.732. The summed E-state index contributed by atoms with van der Waals surface area (Å²) in [5.74, 6) is -0.294. The van der Waals surface area contributed by atoms with Gasteiger partial charge < -0.3 is 4.98 Å². The first-order valence-electron chi connectivity index (χ1n) is 4.45. The lowest BCUT2D eigenvalue weighted by Gasteiger charge is -1.96. The molecule has 1 nitrogen and oxygen atoms in total. The lowest BCUT2D eigenvalue weighted by atomic mass is 10.1. The van der Waals surface area contributed by atoms with Crippen LogP contribution in [0.25, 0.3) is 24.2 Å². The molecular weight excluding hydrogens is 196 g/mol. The van der Waals surface area contributed by atoms with Gasteiger partial charge in [0.05, 0.1) is 5.35 Å². The third kappa shape index (κ3) is 1.81. The minimum absolute atomic E-state index is 0.294. The van der Waals surface area contributed by atoms with Crippen molar-refractivity contribution in [1.29, 1.82) is 0 Å². The van der Waals surface area contributed by atoms with Crippen molar-refractivity contribution in [3.63, 3.8) is 0 Å². The van der Waals surface area contributed by atoms with Crippen LogP contribution in [0, 0.1) is 5.82 Å². The van der Waals surface area contributed by atoms with E-state index in [4.69, 9.17) is 0 Å². The van der Waals surface area contributed by atoms with Crippen LogP contribution in [0.4, 0.5) is 8.78 Å². The Morgan fingerprint density at radius 2 is 1.87 bits per heavy atom. The Bertz CT molecular complexity index is 567. The van der Waals surface area contributed by atoms with Gasteiger partial charge in [-0.15, -0.1) is 0 Å². The maximum atomic E-state index is 12.7. The lowest BCUT2D eigenvalue weighted by molar-refractivity contribution is 0.628. The lowest BCUT2D eigenvalue weighted by Crippen LogP contribution is -2.18. The van der Waals surface area contributed by atoms with E-state index in [1.807, 2.05) is 0 Å². The third-order valence-electron chi connectivity index (χ3n) is 2.20. The van der Waals surface area contributed by atoms with Crippen molar-refractivity contribution in [3.8, 4) is 11.3 Å². The number of rotatable bonds is 1. The van der Waals surface area contributed by atoms with Crippen LogP contribution in [0.3, 0.4) is 0 Å². The van der Waals surface area contributed by atoms with Gasteiger partial charge in [0.1, 0.15) is 12.1 Å². The van der Waals surface area contributed by atoms with E-state index in [1.165, 1.54) is 12.1 Å². The largest absolute Gasteiger partial charge is 0.353 e. The van der Waals surface area contributed by atoms with E-state index in [0.717, 1.165) is 11.3 Å². The van der Waals surface area contributed by atoms with Gasteiger partial charge in [0.15, 0.2) is 0 Å². The van der Waals surface area contributed by atoms with Gasteiger partial charge in [-0.05, 0) is 41.1 Å². The molecule has 0 spiro atoms. The van der Waals surface area contributed by atoms with E-state index < -0.39 is 0 Å². The molecule has 3 heteroatoms. The zero-order chi connectivity index (χ0) is 10.8. The standard InChI is InChI=1S/C12H9F2N/c1-8-6-11(15-12(8)7-13)9-2-4-10(14)5-3-9/h2-7,15H,1H2/b12-7-. The average molecular weight is 205 g/mol. The van der Waals surface area contributed by atoms with Gasteiger partial charge >= 0.3 is 0 Å². The number of nitrogens with one attached hydrogen (secondary N) is 1. The molecule has 0 amide bonds. The Balaban J connectivity index is 2.55. The molecule has 0 atom stereocenters. The zero-order valence-corrected chi connectivity index (χ0v) is 7.93. The second kappa shape index (κ2) is 3.69. The maximum absolute atomic E-state index is 12.7. The highest BCUT2D eigenvalue weighted by molar-refractivity contribution is 5.59. The minimum Gasteiger partial charge on any atom is -0.353 e. The molecule has 1 aromatic heterocycles. The fraction of sp³-hybridized carbons (Fsp3) is 0. The molecule has 0 fully saturated rings. The molecule has 0 bridgehead atoms. The van der Waals surface area contributed by atoms with Crippen molar-refractivity contribution in [1.82, 2.24) is 4.98 Å². The molecule has 76 valence electrons. The average Bonchev–Trinajstić information content (AvgIpc) is 2.61. The van der Waals surface area contributed by atoms with Crippen LogP contribution in [0.1, 0.15) is 0 Å². The second-order valence-corrected chi connectivity index (χ2v) is 3.24. The van der Waals surface area contributed by atoms with Crippen LogP contribution in [0.15, 0.2) is 30.3 Å². The molecule has 0 aliphatic carbocycles. The van der Waals surface area contributed by atoms with Crippen LogP contribution >= 0.6 is 0 Å². The Labute approximate surface area is 85.4 Å². The summed E-state index contributed by atoms with van der Waals surface area (Å²) in [4.78, 5) is 2.85. The molecule has 0 aliphatic rings. The molecular formula is C12H9F2N. The molecule has 1 N–H and O–H groups in total. The molecule has 15 heavy (non-hydrogen) atoms. The first kappa shape index (κ1) is 9.65. The van der Waals surface area contributed by atoms with Gasteiger partial charge in [-0.1, -0.05) is 6.58 Å². The van der Waals surface area contributed by atoms with Gasteiger partial charge in [0.2, 0.25) is 0 Å². The molecule has 2 rings (SSSR count). The highest BCUT2D eigenvalue weighted by Gasteiger charge is 1.99. The monoisotopic (exact) mass is 205 g/mol. The molecule has 0 saturated carbocycles. The Morgan fingerprint density at radius 1 is 1.20 bits per heavy atom. The number of aromatic nitrogens is 1. The predicted molar refractivity (Wildman–Crippen MR) is 56.5 cm³/mol. The summed E-state index contributed by atoms with van der Waals surface area (Å²) in [6.45, 7) is 3.68. The molecule has 2 aromatic rings. The van der Waals surface area contributed by atoms with Crippen LogP contribution in [0.2, 0.25) is 0 Å². The van der Waals surface area contributed by atoms with E-state index in [9.17, 15) is 8.78 Å². The normalized spacial score (nSPS) is 12.0. The fourth-order valence-corrected chi connectivity index (χ4v) is 1.40. The molecule has 0 radical (unpaired) electrons. The number of hydrogen-bond donors (Lipinski definition) is 1. The molecule has 0 saturated heterocycles. The number of aromatic amines is 1. The maximum Gasteiger partial charge on any atom is 0.123 e. The van der Waals surface area contributed by atoms with E-state index in [2.05, 4.69) is 11.6 Å². The number of H-pyrrole nitrogens is 1. The topological polar surface area (TPSA) is 15.8 Å². The SMILES string of the molecule is C=c1cc(-c2ccc(F)cc2)[nH]/c1=C\F. The molecule has 0 aliphatic heterocycles. The fourth-order valence-electron chi connectivity index (χ4n) is 1.40. The van der Waals surface area contributed by atoms with E-state index in [-0.39, 0.29) is 5.82 Å². The zero-order valence-electron chi connectivity index (χ0n) is 7.93. The number of benzene rings is 1. The summed E-state index contributed by atoms with van der Waals surface area (Å²) in [5, 5.41) is 0.922. The second-order valence-electron chi connectivity index (χ2n) is 3.24. The summed E-state index contributed by atoms with van der Waals surface area (Å²) in [6, 6.07) is 7.69. The first-order valence-corrected chi connectivity index (χ1v) is 4.45. The number of halogens is 2. The van der Waals surface area contributed by atoms with E-state index in [0.29, 0.717) is 16.9 Å². The van der Waals surface area contributed by atoms with E-state index >= 15 is 0 Å². The summed E-state index contributed by atoms with van der Waals surface area (Å²) >= 11 is 0. The van der Waals surface area contributed by atoms with Gasteiger partial charge in [0, 0.05) is 5.69 Å². The Kier molecular flexibility index (Phi) is 2.37. The van der Waals surface area contributed by atoms with Crippen molar-refractivity contribution in [2.24, 2.45) is 0 Å². The molecule has 0 unspecified atom stereocenters. The van der Waals surface area contributed by atoms with Gasteiger partial charge in [-0.25, -0.2) is 8.78 Å².